The molecule has 1 aromatic rings. The lowest BCUT2D eigenvalue weighted by atomic mass is 9.87. The minimum absolute atomic E-state index is 0.128. The van der Waals surface area contributed by atoms with E-state index in [0.29, 0.717) is 11.8 Å². The third-order valence-corrected chi connectivity index (χ3v) is 3.43. The second-order valence-electron chi connectivity index (χ2n) is 5.19. The van der Waals surface area contributed by atoms with Gasteiger partial charge in [0.2, 0.25) is 0 Å². The quantitative estimate of drug-likeness (QED) is 0.724. The molecule has 0 spiro atoms. The number of hydrogen-bond donors (Lipinski definition) is 1. The van der Waals surface area contributed by atoms with Gasteiger partial charge in [0, 0.05) is 6.54 Å². The Morgan fingerprint density at radius 3 is 2.67 bits per heavy atom. The van der Waals surface area contributed by atoms with Gasteiger partial charge < -0.3 is 5.32 Å². The standard InChI is InChI=1S/C16H26FN/c1-4-7-13(3)10-15(12-18-5-2)14-8-6-9-16(17)11-14/h6,8-9,11,13,15,18H,4-5,7,10,12H2,1-3H3. The molecule has 0 radical (unpaired) electrons. The van der Waals surface area contributed by atoms with Crippen LogP contribution in [-0.2, 0) is 0 Å². The van der Waals surface area contributed by atoms with Crippen molar-refractivity contribution in [1.82, 2.24) is 5.32 Å². The molecule has 0 amide bonds. The van der Waals surface area contributed by atoms with E-state index in [2.05, 4.69) is 26.1 Å². The summed E-state index contributed by atoms with van der Waals surface area (Å²) in [6.45, 7) is 8.53. The monoisotopic (exact) mass is 251 g/mol. The largest absolute Gasteiger partial charge is 0.316 e. The van der Waals surface area contributed by atoms with Crippen LogP contribution in [0.4, 0.5) is 4.39 Å². The van der Waals surface area contributed by atoms with Crippen molar-refractivity contribution >= 4 is 0 Å². The highest BCUT2D eigenvalue weighted by molar-refractivity contribution is 5.21. The molecule has 1 aromatic carbocycles. The van der Waals surface area contributed by atoms with Crippen molar-refractivity contribution in [2.24, 2.45) is 5.92 Å². The van der Waals surface area contributed by atoms with Gasteiger partial charge in [-0.1, -0.05) is 45.7 Å². The molecule has 2 atom stereocenters. The smallest absolute Gasteiger partial charge is 0.123 e. The van der Waals surface area contributed by atoms with E-state index in [4.69, 9.17) is 0 Å². The van der Waals surface area contributed by atoms with E-state index in [1.807, 2.05) is 12.1 Å². The molecule has 0 aliphatic rings. The van der Waals surface area contributed by atoms with Crippen LogP contribution in [-0.4, -0.2) is 13.1 Å². The van der Waals surface area contributed by atoms with E-state index in [0.717, 1.165) is 25.1 Å². The Balaban J connectivity index is 2.70. The molecule has 0 aliphatic carbocycles. The molecule has 2 unspecified atom stereocenters. The van der Waals surface area contributed by atoms with E-state index in [-0.39, 0.29) is 5.82 Å². The summed E-state index contributed by atoms with van der Waals surface area (Å²) in [7, 11) is 0. The Morgan fingerprint density at radius 2 is 2.06 bits per heavy atom. The SMILES string of the molecule is CCCC(C)CC(CNCC)c1cccc(F)c1. The topological polar surface area (TPSA) is 12.0 Å². The van der Waals surface area contributed by atoms with Gasteiger partial charge in [-0.15, -0.1) is 0 Å². The third-order valence-electron chi connectivity index (χ3n) is 3.43. The lowest BCUT2D eigenvalue weighted by Gasteiger charge is -2.21. The fraction of sp³-hybridized carbons (Fsp3) is 0.625. The summed E-state index contributed by atoms with van der Waals surface area (Å²) in [5, 5.41) is 3.39. The first kappa shape index (κ1) is 15.2. The Bertz CT molecular complexity index is 338. The van der Waals surface area contributed by atoms with Crippen LogP contribution < -0.4 is 5.32 Å². The lowest BCUT2D eigenvalue weighted by molar-refractivity contribution is 0.421. The predicted octanol–water partition coefficient (Wildman–Crippen LogP) is 4.35. The Labute approximate surface area is 111 Å². The summed E-state index contributed by atoms with van der Waals surface area (Å²) >= 11 is 0. The first-order valence-electron chi connectivity index (χ1n) is 7.13. The van der Waals surface area contributed by atoms with Crippen LogP contribution in [0.1, 0.15) is 51.5 Å². The minimum atomic E-state index is -0.128. The van der Waals surface area contributed by atoms with Crippen LogP contribution in [0, 0.1) is 11.7 Å². The van der Waals surface area contributed by atoms with Crippen LogP contribution in [0.3, 0.4) is 0 Å². The highest BCUT2D eigenvalue weighted by Gasteiger charge is 2.15. The zero-order valence-corrected chi connectivity index (χ0v) is 11.9. The van der Waals surface area contributed by atoms with Crippen molar-refractivity contribution in [1.29, 1.82) is 0 Å². The number of halogens is 1. The Kier molecular flexibility index (Phi) is 6.96. The van der Waals surface area contributed by atoms with E-state index in [1.54, 1.807) is 6.07 Å². The number of hydrogen-bond acceptors (Lipinski definition) is 1. The summed E-state index contributed by atoms with van der Waals surface area (Å²) in [6.07, 6.45) is 3.60. The van der Waals surface area contributed by atoms with Crippen LogP contribution in [0.15, 0.2) is 24.3 Å². The molecule has 0 aliphatic heterocycles. The van der Waals surface area contributed by atoms with Crippen molar-refractivity contribution in [3.8, 4) is 0 Å². The molecule has 18 heavy (non-hydrogen) atoms. The van der Waals surface area contributed by atoms with Gasteiger partial charge in [-0.25, -0.2) is 4.39 Å². The van der Waals surface area contributed by atoms with Gasteiger partial charge in [0.25, 0.3) is 0 Å². The molecule has 2 heteroatoms. The maximum atomic E-state index is 13.3. The minimum Gasteiger partial charge on any atom is -0.316 e. The van der Waals surface area contributed by atoms with Crippen molar-refractivity contribution in [2.75, 3.05) is 13.1 Å². The van der Waals surface area contributed by atoms with Gasteiger partial charge in [0.1, 0.15) is 5.82 Å². The number of nitrogens with one attached hydrogen (secondary N) is 1. The van der Waals surface area contributed by atoms with E-state index in [1.165, 1.54) is 18.9 Å². The molecular weight excluding hydrogens is 225 g/mol. The molecular formula is C16H26FN. The highest BCUT2D eigenvalue weighted by atomic mass is 19.1. The van der Waals surface area contributed by atoms with Gasteiger partial charge in [0.15, 0.2) is 0 Å². The zero-order valence-electron chi connectivity index (χ0n) is 11.9. The van der Waals surface area contributed by atoms with E-state index >= 15 is 0 Å². The highest BCUT2D eigenvalue weighted by Crippen LogP contribution is 2.26. The predicted molar refractivity (Wildman–Crippen MR) is 76.4 cm³/mol. The summed E-state index contributed by atoms with van der Waals surface area (Å²) in [4.78, 5) is 0. The van der Waals surface area contributed by atoms with Gasteiger partial charge in [0.05, 0.1) is 0 Å². The van der Waals surface area contributed by atoms with Crippen molar-refractivity contribution < 1.29 is 4.39 Å². The number of likely N-dealkylation sites (N-methyl/N-ethyl adjacent to an activating group) is 1. The maximum absolute atomic E-state index is 13.3. The molecule has 0 saturated heterocycles. The van der Waals surface area contributed by atoms with E-state index in [9.17, 15) is 4.39 Å². The normalized spacial score (nSPS) is 14.4. The third kappa shape index (κ3) is 5.18. The average Bonchev–Trinajstić information content (AvgIpc) is 2.34. The molecule has 1 N–H and O–H groups in total. The molecule has 0 fully saturated rings. The van der Waals surface area contributed by atoms with E-state index < -0.39 is 0 Å². The average molecular weight is 251 g/mol. The van der Waals surface area contributed by atoms with Crippen molar-refractivity contribution in [3.63, 3.8) is 0 Å². The molecule has 1 nitrogen and oxygen atoms in total. The van der Waals surface area contributed by atoms with Crippen molar-refractivity contribution in [3.05, 3.63) is 35.6 Å². The second kappa shape index (κ2) is 8.25. The summed E-state index contributed by atoms with van der Waals surface area (Å²) in [6, 6.07) is 7.06. The van der Waals surface area contributed by atoms with Gasteiger partial charge in [-0.2, -0.15) is 0 Å². The van der Waals surface area contributed by atoms with Gasteiger partial charge >= 0.3 is 0 Å². The molecule has 102 valence electrons. The summed E-state index contributed by atoms with van der Waals surface area (Å²) in [5.74, 6) is 0.987. The molecule has 0 aromatic heterocycles. The molecule has 0 saturated carbocycles. The fourth-order valence-corrected chi connectivity index (χ4v) is 2.51. The Morgan fingerprint density at radius 1 is 1.28 bits per heavy atom. The molecule has 0 heterocycles. The molecule has 0 bridgehead atoms. The van der Waals surface area contributed by atoms with Crippen LogP contribution in [0.25, 0.3) is 0 Å². The molecule has 1 rings (SSSR count). The lowest BCUT2D eigenvalue weighted by Crippen LogP contribution is -2.22. The summed E-state index contributed by atoms with van der Waals surface area (Å²) in [5.41, 5.74) is 1.12. The first-order chi connectivity index (χ1) is 8.67. The number of rotatable bonds is 8. The van der Waals surface area contributed by atoms with Crippen LogP contribution in [0.5, 0.6) is 0 Å². The summed E-state index contributed by atoms with van der Waals surface area (Å²) < 4.78 is 13.3. The second-order valence-corrected chi connectivity index (χ2v) is 5.19. The van der Waals surface area contributed by atoms with Crippen LogP contribution in [0.2, 0.25) is 0 Å². The zero-order chi connectivity index (χ0) is 13.4. The van der Waals surface area contributed by atoms with Gasteiger partial charge in [-0.3, -0.25) is 0 Å². The van der Waals surface area contributed by atoms with Gasteiger partial charge in [-0.05, 0) is 42.5 Å². The fourth-order valence-electron chi connectivity index (χ4n) is 2.51. The van der Waals surface area contributed by atoms with Crippen LogP contribution >= 0.6 is 0 Å². The van der Waals surface area contributed by atoms with Crippen molar-refractivity contribution in [2.45, 2.75) is 46.0 Å². The number of benzene rings is 1. The first-order valence-corrected chi connectivity index (χ1v) is 7.13. The Hall–Kier alpha value is -0.890. The maximum Gasteiger partial charge on any atom is 0.123 e.